The number of amides is 1. The summed E-state index contributed by atoms with van der Waals surface area (Å²) >= 11 is 0. The lowest BCUT2D eigenvalue weighted by atomic mass is 10.1. The van der Waals surface area contributed by atoms with Crippen LogP contribution in [0.3, 0.4) is 0 Å². The van der Waals surface area contributed by atoms with Gasteiger partial charge in [0.15, 0.2) is 5.82 Å². The molecule has 7 nitrogen and oxygen atoms in total. The van der Waals surface area contributed by atoms with E-state index >= 15 is 0 Å². The number of pyridine rings is 2. The fraction of sp³-hybridized carbons (Fsp3) is 0.296. The molecule has 4 aromatic rings. The zero-order valence-electron chi connectivity index (χ0n) is 19.5. The molecule has 0 aliphatic heterocycles. The fourth-order valence-electron chi connectivity index (χ4n) is 4.31. The van der Waals surface area contributed by atoms with E-state index in [4.69, 9.17) is 5.73 Å². The second-order valence-corrected chi connectivity index (χ2v) is 8.92. The Balaban J connectivity index is 1.51. The number of fused-ring (bicyclic) bond motifs is 1. The number of carbonyl (C=O) groups excluding carboxylic acids is 1. The molecule has 1 atom stereocenters. The third-order valence-electron chi connectivity index (χ3n) is 6.43. The topological polar surface area (TPSA) is 97.9 Å². The number of hydrogen-bond donors (Lipinski definition) is 1. The second kappa shape index (κ2) is 9.17. The van der Waals surface area contributed by atoms with Crippen molar-refractivity contribution in [2.45, 2.75) is 51.6 Å². The van der Waals surface area contributed by atoms with Gasteiger partial charge in [0, 0.05) is 29.5 Å². The summed E-state index contributed by atoms with van der Waals surface area (Å²) in [6.07, 6.45) is 8.52. The summed E-state index contributed by atoms with van der Waals surface area (Å²) in [5.41, 5.74) is 10.3. The van der Waals surface area contributed by atoms with Gasteiger partial charge in [-0.1, -0.05) is 13.0 Å². The van der Waals surface area contributed by atoms with Crippen LogP contribution in [0.5, 0.6) is 0 Å². The highest BCUT2D eigenvalue weighted by Crippen LogP contribution is 2.39. The van der Waals surface area contributed by atoms with Crippen LogP contribution in [0.4, 0.5) is 5.82 Å². The normalized spacial score (nSPS) is 14.2. The average molecular weight is 453 g/mol. The number of anilines is 1. The minimum absolute atomic E-state index is 0.0937. The Kier molecular flexibility index (Phi) is 5.92. The molecule has 1 aromatic carbocycles. The van der Waals surface area contributed by atoms with E-state index in [1.165, 1.54) is 18.4 Å². The van der Waals surface area contributed by atoms with Crippen LogP contribution in [0.25, 0.3) is 10.9 Å². The minimum Gasteiger partial charge on any atom is -0.383 e. The number of nitrogen functional groups attached to an aromatic ring is 1. The smallest absolute Gasteiger partial charge is 0.254 e. The lowest BCUT2D eigenvalue weighted by molar-refractivity contribution is 0.0640. The SMILES string of the molecule is CC[C@H](c1ncccn1)N(Cc1ccc(C2CC2)cn1)C(=O)c1ccc2nc(N)c(C)cc2c1. The first-order valence-corrected chi connectivity index (χ1v) is 11.7. The molecule has 0 radical (unpaired) electrons. The molecule has 7 heteroatoms. The predicted octanol–water partition coefficient (Wildman–Crippen LogP) is 4.98. The number of nitrogens with two attached hydrogens (primary N) is 1. The lowest BCUT2D eigenvalue weighted by Crippen LogP contribution is -2.35. The largest absolute Gasteiger partial charge is 0.383 e. The molecule has 3 aromatic heterocycles. The van der Waals surface area contributed by atoms with Gasteiger partial charge in [0.25, 0.3) is 5.91 Å². The van der Waals surface area contributed by atoms with Gasteiger partial charge in [-0.05, 0) is 79.6 Å². The highest BCUT2D eigenvalue weighted by Gasteiger charge is 2.28. The van der Waals surface area contributed by atoms with Crippen molar-refractivity contribution in [3.05, 3.63) is 89.3 Å². The van der Waals surface area contributed by atoms with E-state index in [1.54, 1.807) is 18.5 Å². The summed E-state index contributed by atoms with van der Waals surface area (Å²) in [6, 6.07) is 13.2. The minimum atomic E-state index is -0.277. The van der Waals surface area contributed by atoms with Gasteiger partial charge >= 0.3 is 0 Å². The van der Waals surface area contributed by atoms with Gasteiger partial charge in [-0.15, -0.1) is 0 Å². The van der Waals surface area contributed by atoms with Crippen molar-refractivity contribution in [1.82, 2.24) is 24.8 Å². The van der Waals surface area contributed by atoms with Crippen LogP contribution in [0.15, 0.2) is 61.1 Å². The number of aromatic nitrogens is 4. The molecule has 1 fully saturated rings. The van der Waals surface area contributed by atoms with Gasteiger partial charge in [0.1, 0.15) is 5.82 Å². The van der Waals surface area contributed by atoms with E-state index in [1.807, 2.05) is 55.3 Å². The zero-order valence-corrected chi connectivity index (χ0v) is 19.5. The molecule has 1 amide bonds. The summed E-state index contributed by atoms with van der Waals surface area (Å²) in [6.45, 7) is 4.33. The number of carbonyl (C=O) groups is 1. The molecule has 0 unspecified atom stereocenters. The van der Waals surface area contributed by atoms with Crippen LogP contribution in [-0.2, 0) is 6.54 Å². The van der Waals surface area contributed by atoms with E-state index in [0.29, 0.717) is 36.1 Å². The Hall–Kier alpha value is -3.87. The second-order valence-electron chi connectivity index (χ2n) is 8.92. The summed E-state index contributed by atoms with van der Waals surface area (Å²) in [5, 5.41) is 0.883. The molecule has 1 saturated carbocycles. The van der Waals surface area contributed by atoms with Crippen LogP contribution in [0, 0.1) is 6.92 Å². The van der Waals surface area contributed by atoms with Gasteiger partial charge < -0.3 is 10.6 Å². The van der Waals surface area contributed by atoms with Crippen LogP contribution in [0.1, 0.15) is 71.1 Å². The molecule has 0 saturated heterocycles. The van der Waals surface area contributed by atoms with Crippen molar-refractivity contribution in [3.63, 3.8) is 0 Å². The van der Waals surface area contributed by atoms with E-state index in [9.17, 15) is 4.79 Å². The van der Waals surface area contributed by atoms with E-state index < -0.39 is 0 Å². The Bertz CT molecular complexity index is 1320. The predicted molar refractivity (Wildman–Crippen MR) is 132 cm³/mol. The van der Waals surface area contributed by atoms with Crippen LogP contribution in [-0.4, -0.2) is 30.7 Å². The summed E-state index contributed by atoms with van der Waals surface area (Å²) < 4.78 is 0. The molecule has 0 bridgehead atoms. The summed E-state index contributed by atoms with van der Waals surface area (Å²) in [7, 11) is 0. The Labute approximate surface area is 199 Å². The lowest BCUT2D eigenvalue weighted by Gasteiger charge is -2.30. The van der Waals surface area contributed by atoms with E-state index in [0.717, 1.165) is 22.2 Å². The van der Waals surface area contributed by atoms with Crippen molar-refractivity contribution in [2.75, 3.05) is 5.73 Å². The van der Waals surface area contributed by atoms with Gasteiger partial charge in [0.05, 0.1) is 23.8 Å². The maximum atomic E-state index is 13.9. The Morgan fingerprint density at radius 2 is 1.91 bits per heavy atom. The van der Waals surface area contributed by atoms with Crippen LogP contribution < -0.4 is 5.73 Å². The van der Waals surface area contributed by atoms with Gasteiger partial charge in [0.2, 0.25) is 0 Å². The maximum Gasteiger partial charge on any atom is 0.254 e. The quantitative estimate of drug-likeness (QED) is 0.425. The monoisotopic (exact) mass is 452 g/mol. The van der Waals surface area contributed by atoms with Gasteiger partial charge in [-0.25, -0.2) is 15.0 Å². The highest BCUT2D eigenvalue weighted by atomic mass is 16.2. The number of rotatable bonds is 7. The molecular weight excluding hydrogens is 424 g/mol. The average Bonchev–Trinajstić information content (AvgIpc) is 3.71. The Morgan fingerprint density at radius 1 is 1.12 bits per heavy atom. The highest BCUT2D eigenvalue weighted by molar-refractivity contribution is 5.98. The number of hydrogen-bond acceptors (Lipinski definition) is 6. The number of aryl methyl sites for hydroxylation is 1. The van der Waals surface area contributed by atoms with Gasteiger partial charge in [-0.3, -0.25) is 9.78 Å². The molecule has 5 rings (SSSR count). The van der Waals surface area contributed by atoms with E-state index in [2.05, 4.69) is 26.0 Å². The van der Waals surface area contributed by atoms with Crippen molar-refractivity contribution in [1.29, 1.82) is 0 Å². The molecule has 1 aliphatic carbocycles. The third-order valence-corrected chi connectivity index (χ3v) is 6.43. The fourth-order valence-corrected chi connectivity index (χ4v) is 4.31. The molecule has 2 N–H and O–H groups in total. The Morgan fingerprint density at radius 3 is 2.59 bits per heavy atom. The first-order chi connectivity index (χ1) is 16.5. The van der Waals surface area contributed by atoms with Crippen molar-refractivity contribution in [3.8, 4) is 0 Å². The molecule has 0 spiro atoms. The summed E-state index contributed by atoms with van der Waals surface area (Å²) in [5.74, 6) is 1.67. The first-order valence-electron chi connectivity index (χ1n) is 11.7. The number of benzene rings is 1. The van der Waals surface area contributed by atoms with Crippen molar-refractivity contribution < 1.29 is 4.79 Å². The van der Waals surface area contributed by atoms with Crippen LogP contribution >= 0.6 is 0 Å². The zero-order chi connectivity index (χ0) is 23.7. The van der Waals surface area contributed by atoms with Crippen LogP contribution in [0.2, 0.25) is 0 Å². The number of nitrogens with zero attached hydrogens (tertiary/aromatic N) is 5. The molecule has 172 valence electrons. The molecule has 1 aliphatic rings. The first kappa shape index (κ1) is 21.9. The molecular formula is C27H28N6O. The van der Waals surface area contributed by atoms with Crippen molar-refractivity contribution in [2.24, 2.45) is 0 Å². The van der Waals surface area contributed by atoms with Crippen molar-refractivity contribution >= 4 is 22.6 Å². The third kappa shape index (κ3) is 4.46. The standard InChI is InChI=1S/C27H28N6O/c1-3-24(26-29-11-4-12-30-26)33(16-22-9-7-20(15-31-22)18-5-6-18)27(34)19-8-10-23-21(14-19)13-17(2)25(28)32-23/h4,7-15,18,24H,3,5-6,16H2,1-2H3,(H2,28,32)/t24-/m1/s1. The maximum absolute atomic E-state index is 13.9. The molecule has 3 heterocycles. The van der Waals surface area contributed by atoms with E-state index in [-0.39, 0.29) is 11.9 Å². The summed E-state index contributed by atoms with van der Waals surface area (Å²) in [4.78, 5) is 33.8. The van der Waals surface area contributed by atoms with Gasteiger partial charge in [-0.2, -0.15) is 0 Å². The molecule has 34 heavy (non-hydrogen) atoms.